The Balaban J connectivity index is 2.28. The van der Waals surface area contributed by atoms with Crippen molar-refractivity contribution in [2.75, 3.05) is 11.5 Å². The van der Waals surface area contributed by atoms with Crippen LogP contribution >= 0.6 is 0 Å². The number of hydrogen-bond acceptors (Lipinski definition) is 4. The van der Waals surface area contributed by atoms with E-state index in [9.17, 15) is 22.0 Å². The molecule has 0 atom stereocenters. The molecule has 0 unspecified atom stereocenters. The quantitative estimate of drug-likeness (QED) is 0.919. The van der Waals surface area contributed by atoms with Gasteiger partial charge >= 0.3 is 0 Å². The van der Waals surface area contributed by atoms with Gasteiger partial charge in [-0.1, -0.05) is 0 Å². The highest BCUT2D eigenvalue weighted by atomic mass is 32.2. The van der Waals surface area contributed by atoms with Crippen LogP contribution in [0.5, 0.6) is 0 Å². The van der Waals surface area contributed by atoms with Gasteiger partial charge in [-0.15, -0.1) is 0 Å². The minimum Gasteiger partial charge on any atom is -0.398 e. The molecule has 2 N–H and O–H groups in total. The average Bonchev–Trinajstić information content (AvgIpc) is 2.42. The molecule has 8 heteroatoms. The fourth-order valence-electron chi connectivity index (χ4n) is 1.77. The summed E-state index contributed by atoms with van der Waals surface area (Å²) in [5.74, 6) is -2.43. The highest BCUT2D eigenvalue weighted by molar-refractivity contribution is 7.91. The maximum absolute atomic E-state index is 13.5. The maximum atomic E-state index is 13.5. The molecule has 0 aliphatic heterocycles. The lowest BCUT2D eigenvalue weighted by molar-refractivity contribution is 0.549. The number of nitrogens with two attached hydrogens (primary N) is 1. The summed E-state index contributed by atoms with van der Waals surface area (Å²) in [7, 11) is -4.06. The van der Waals surface area contributed by atoms with Gasteiger partial charge in [-0.05, 0) is 24.3 Å². The summed E-state index contributed by atoms with van der Waals surface area (Å²) < 4.78 is 51.7. The van der Waals surface area contributed by atoms with Crippen LogP contribution in [0.25, 0.3) is 0 Å². The number of anilines is 1. The van der Waals surface area contributed by atoms with E-state index in [0.717, 1.165) is 16.7 Å². The Morgan fingerprint density at radius 3 is 2.57 bits per heavy atom. The second-order valence-corrected chi connectivity index (χ2v) is 6.47. The molecule has 0 aliphatic carbocycles. The Morgan fingerprint density at radius 2 is 1.86 bits per heavy atom. The Kier molecular flexibility index (Phi) is 4.08. The third-order valence-electron chi connectivity index (χ3n) is 2.84. The fourth-order valence-corrected chi connectivity index (χ4v) is 3.08. The number of halogens is 2. The van der Waals surface area contributed by atoms with Gasteiger partial charge in [0.2, 0.25) is 0 Å². The molecule has 0 saturated carbocycles. The van der Waals surface area contributed by atoms with E-state index >= 15 is 0 Å². The number of sulfone groups is 1. The minimum absolute atomic E-state index is 0.206. The SMILES string of the molecule is Nc1ccc(=O)n(CCS(=O)(=O)c2cc(F)ccc2F)c1. The molecule has 0 saturated heterocycles. The molecule has 0 fully saturated rings. The number of benzene rings is 1. The molecule has 1 aromatic carbocycles. The number of hydrogen-bond donors (Lipinski definition) is 1. The van der Waals surface area contributed by atoms with Crippen LogP contribution in [0.4, 0.5) is 14.5 Å². The first kappa shape index (κ1) is 15.2. The molecule has 21 heavy (non-hydrogen) atoms. The van der Waals surface area contributed by atoms with Gasteiger partial charge in [0.25, 0.3) is 5.56 Å². The molecular weight excluding hydrogens is 302 g/mol. The molecule has 112 valence electrons. The minimum atomic E-state index is -4.06. The standard InChI is InChI=1S/C13H12F2N2O3S/c14-9-1-3-11(15)12(7-9)21(19,20)6-5-17-8-10(16)2-4-13(17)18/h1-4,7-8H,5-6,16H2. The van der Waals surface area contributed by atoms with Crippen molar-refractivity contribution in [2.45, 2.75) is 11.4 Å². The van der Waals surface area contributed by atoms with Crippen molar-refractivity contribution < 1.29 is 17.2 Å². The Bertz CT molecular complexity index is 832. The predicted octanol–water partition coefficient (Wildman–Crippen LogP) is 1.18. The second-order valence-electron chi connectivity index (χ2n) is 4.39. The molecule has 2 rings (SSSR count). The van der Waals surface area contributed by atoms with E-state index in [1.54, 1.807) is 0 Å². The summed E-state index contributed by atoms with van der Waals surface area (Å²) in [6.07, 6.45) is 1.29. The third kappa shape index (κ3) is 3.46. The summed E-state index contributed by atoms with van der Waals surface area (Å²) in [5, 5.41) is 0. The zero-order valence-electron chi connectivity index (χ0n) is 10.8. The van der Waals surface area contributed by atoms with Crippen molar-refractivity contribution in [1.82, 2.24) is 4.57 Å². The molecule has 0 spiro atoms. The van der Waals surface area contributed by atoms with E-state index in [4.69, 9.17) is 5.73 Å². The molecule has 0 bridgehead atoms. The molecule has 2 aromatic rings. The summed E-state index contributed by atoms with van der Waals surface area (Å²) >= 11 is 0. The van der Waals surface area contributed by atoms with Crippen LogP contribution in [0.2, 0.25) is 0 Å². The molecule has 1 aromatic heterocycles. The number of pyridine rings is 1. The largest absolute Gasteiger partial charge is 0.398 e. The van der Waals surface area contributed by atoms with Gasteiger partial charge in [0.1, 0.15) is 16.5 Å². The molecular formula is C13H12F2N2O3S. The number of aromatic nitrogens is 1. The monoisotopic (exact) mass is 314 g/mol. The second kappa shape index (κ2) is 5.65. The molecule has 0 radical (unpaired) electrons. The zero-order valence-corrected chi connectivity index (χ0v) is 11.6. The van der Waals surface area contributed by atoms with Crippen LogP contribution in [-0.2, 0) is 16.4 Å². The Labute approximate surface area is 119 Å². The average molecular weight is 314 g/mol. The lowest BCUT2D eigenvalue weighted by atomic mass is 10.3. The Hall–Kier alpha value is -2.22. The van der Waals surface area contributed by atoms with Crippen molar-refractivity contribution in [1.29, 1.82) is 0 Å². The van der Waals surface area contributed by atoms with Gasteiger partial charge in [0.15, 0.2) is 9.84 Å². The van der Waals surface area contributed by atoms with Gasteiger partial charge in [0.05, 0.1) is 5.75 Å². The van der Waals surface area contributed by atoms with Crippen LogP contribution in [0.3, 0.4) is 0 Å². The third-order valence-corrected chi connectivity index (χ3v) is 4.54. The van der Waals surface area contributed by atoms with E-state index in [1.165, 1.54) is 18.3 Å². The van der Waals surface area contributed by atoms with Gasteiger partial charge in [-0.3, -0.25) is 4.79 Å². The first-order valence-electron chi connectivity index (χ1n) is 5.93. The van der Waals surface area contributed by atoms with Crippen LogP contribution in [-0.4, -0.2) is 18.7 Å². The van der Waals surface area contributed by atoms with E-state index in [2.05, 4.69) is 0 Å². The first-order valence-corrected chi connectivity index (χ1v) is 7.58. The molecule has 5 nitrogen and oxygen atoms in total. The van der Waals surface area contributed by atoms with Gasteiger partial charge in [-0.2, -0.15) is 0 Å². The zero-order chi connectivity index (χ0) is 15.6. The summed E-state index contributed by atoms with van der Waals surface area (Å²) in [6, 6.07) is 4.78. The summed E-state index contributed by atoms with van der Waals surface area (Å²) in [4.78, 5) is 10.8. The van der Waals surface area contributed by atoms with Crippen molar-refractivity contribution in [3.8, 4) is 0 Å². The highest BCUT2D eigenvalue weighted by Gasteiger charge is 2.20. The molecule has 0 amide bonds. The lowest BCUT2D eigenvalue weighted by Gasteiger charge is -2.08. The summed E-state index contributed by atoms with van der Waals surface area (Å²) in [5.41, 5.74) is 5.37. The summed E-state index contributed by atoms with van der Waals surface area (Å²) in [6.45, 7) is -0.206. The lowest BCUT2D eigenvalue weighted by Crippen LogP contribution is -2.23. The van der Waals surface area contributed by atoms with Crippen molar-refractivity contribution in [2.24, 2.45) is 0 Å². The van der Waals surface area contributed by atoms with Crippen LogP contribution in [0.1, 0.15) is 0 Å². The van der Waals surface area contributed by atoms with E-state index in [0.29, 0.717) is 11.8 Å². The molecule has 0 aliphatic rings. The van der Waals surface area contributed by atoms with Crippen LogP contribution < -0.4 is 11.3 Å². The van der Waals surface area contributed by atoms with E-state index in [1.807, 2.05) is 0 Å². The van der Waals surface area contributed by atoms with E-state index in [-0.39, 0.29) is 6.54 Å². The maximum Gasteiger partial charge on any atom is 0.250 e. The van der Waals surface area contributed by atoms with E-state index < -0.39 is 37.7 Å². The number of nitrogen functional groups attached to an aromatic ring is 1. The molecule has 1 heterocycles. The topological polar surface area (TPSA) is 82.2 Å². The van der Waals surface area contributed by atoms with Crippen LogP contribution in [0, 0.1) is 11.6 Å². The van der Waals surface area contributed by atoms with Crippen molar-refractivity contribution in [3.05, 3.63) is 58.5 Å². The first-order chi connectivity index (χ1) is 9.79. The normalized spacial score (nSPS) is 11.5. The highest BCUT2D eigenvalue weighted by Crippen LogP contribution is 2.17. The van der Waals surface area contributed by atoms with Crippen LogP contribution in [0.15, 0.2) is 46.2 Å². The van der Waals surface area contributed by atoms with Gasteiger partial charge < -0.3 is 10.3 Å². The van der Waals surface area contributed by atoms with Crippen molar-refractivity contribution in [3.63, 3.8) is 0 Å². The van der Waals surface area contributed by atoms with Gasteiger partial charge in [0, 0.05) is 24.5 Å². The number of nitrogens with zero attached hydrogens (tertiary/aromatic N) is 1. The van der Waals surface area contributed by atoms with Crippen molar-refractivity contribution >= 4 is 15.5 Å². The fraction of sp³-hybridized carbons (Fsp3) is 0.154. The number of rotatable bonds is 4. The van der Waals surface area contributed by atoms with Gasteiger partial charge in [-0.25, -0.2) is 17.2 Å². The predicted molar refractivity (Wildman–Crippen MR) is 73.5 cm³/mol. The number of aryl methyl sites for hydroxylation is 1. The smallest absolute Gasteiger partial charge is 0.250 e. The Morgan fingerprint density at radius 1 is 1.14 bits per heavy atom.